The van der Waals surface area contributed by atoms with Gasteiger partial charge in [-0.15, -0.1) is 0 Å². The summed E-state index contributed by atoms with van der Waals surface area (Å²) in [6.07, 6.45) is -2.34. The topological polar surface area (TPSA) is 0 Å². The van der Waals surface area contributed by atoms with E-state index in [9.17, 15) is 17.6 Å². The molecular weight excluding hydrogens is 208 g/mol. The fourth-order valence-electron chi connectivity index (χ4n) is 1.46. The van der Waals surface area contributed by atoms with E-state index in [4.69, 9.17) is 0 Å². The number of rotatable bonds is 1. The Hall–Kier alpha value is -1.58. The highest BCUT2D eigenvalue weighted by Gasteiger charge is 2.36. The summed E-state index contributed by atoms with van der Waals surface area (Å²) in [7, 11) is 0. The second-order valence-electron chi connectivity index (χ2n) is 3.12. The monoisotopic (exact) mass is 214 g/mol. The van der Waals surface area contributed by atoms with E-state index in [1.54, 1.807) is 6.07 Å². The van der Waals surface area contributed by atoms with Crippen molar-refractivity contribution in [3.63, 3.8) is 0 Å². The third-order valence-corrected chi connectivity index (χ3v) is 2.20. The third-order valence-electron chi connectivity index (χ3n) is 2.20. The van der Waals surface area contributed by atoms with Crippen molar-refractivity contribution in [3.8, 4) is 0 Å². The first-order chi connectivity index (χ1) is 7.13. The highest BCUT2D eigenvalue weighted by molar-refractivity contribution is 5.78. The Labute approximate surface area is 83.5 Å². The predicted molar refractivity (Wildman–Crippen MR) is 48.6 cm³/mol. The van der Waals surface area contributed by atoms with Gasteiger partial charge in [-0.2, -0.15) is 0 Å². The van der Waals surface area contributed by atoms with E-state index in [0.717, 1.165) is 0 Å². The molecule has 0 saturated heterocycles. The molecule has 0 fully saturated rings. The summed E-state index contributed by atoms with van der Waals surface area (Å²) in [5, 5.41) is 0. The molecule has 15 heavy (non-hydrogen) atoms. The van der Waals surface area contributed by atoms with Crippen LogP contribution in [0.25, 0.3) is 5.57 Å². The summed E-state index contributed by atoms with van der Waals surface area (Å²) in [5.41, 5.74) is -0.434. The summed E-state index contributed by atoms with van der Waals surface area (Å²) < 4.78 is 51.8. The van der Waals surface area contributed by atoms with E-state index in [1.807, 2.05) is 0 Å². The van der Waals surface area contributed by atoms with E-state index in [0.29, 0.717) is 0 Å². The van der Waals surface area contributed by atoms with Gasteiger partial charge in [0.1, 0.15) is 0 Å². The molecular formula is C11H6F4. The highest BCUT2D eigenvalue weighted by Crippen LogP contribution is 2.42. The van der Waals surface area contributed by atoms with Crippen LogP contribution in [-0.2, 0) is 0 Å². The number of allylic oxidation sites excluding steroid dienone is 4. The molecule has 0 heterocycles. The molecule has 1 atom stereocenters. The lowest BCUT2D eigenvalue weighted by atomic mass is 10.0. The SMILES string of the molecule is FC1=C(F)C(F)C(c2ccccc2)=C1F. The van der Waals surface area contributed by atoms with Crippen LogP contribution in [0.2, 0.25) is 0 Å². The smallest absolute Gasteiger partial charge is 0.194 e. The van der Waals surface area contributed by atoms with Crippen LogP contribution in [0.1, 0.15) is 5.56 Å². The molecule has 2 rings (SSSR count). The standard InChI is InChI=1S/C11H6F4/c12-8-7(6-4-2-1-3-5-6)9(13)11(15)10(8)14/h1-5,8H. The minimum atomic E-state index is -2.34. The van der Waals surface area contributed by atoms with Gasteiger partial charge in [0, 0.05) is 5.57 Å². The van der Waals surface area contributed by atoms with Crippen molar-refractivity contribution in [2.45, 2.75) is 6.17 Å². The van der Waals surface area contributed by atoms with Crippen molar-refractivity contribution in [2.75, 3.05) is 0 Å². The molecule has 1 aliphatic carbocycles. The fraction of sp³-hybridized carbons (Fsp3) is 0.0909. The van der Waals surface area contributed by atoms with Crippen molar-refractivity contribution in [2.24, 2.45) is 0 Å². The molecule has 1 aromatic rings. The van der Waals surface area contributed by atoms with Crippen LogP contribution in [0.5, 0.6) is 0 Å². The number of benzene rings is 1. The second kappa shape index (κ2) is 3.53. The molecule has 0 aliphatic heterocycles. The highest BCUT2D eigenvalue weighted by atomic mass is 19.2. The zero-order chi connectivity index (χ0) is 11.0. The molecule has 1 unspecified atom stereocenters. The van der Waals surface area contributed by atoms with Crippen LogP contribution in [0.15, 0.2) is 47.8 Å². The average molecular weight is 214 g/mol. The van der Waals surface area contributed by atoms with E-state index < -0.39 is 29.2 Å². The summed E-state index contributed by atoms with van der Waals surface area (Å²) in [4.78, 5) is 0. The quantitative estimate of drug-likeness (QED) is 0.622. The van der Waals surface area contributed by atoms with E-state index in [-0.39, 0.29) is 5.56 Å². The minimum absolute atomic E-state index is 0.144. The number of hydrogen-bond acceptors (Lipinski definition) is 0. The third kappa shape index (κ3) is 1.46. The van der Waals surface area contributed by atoms with Gasteiger partial charge in [-0.25, -0.2) is 17.6 Å². The molecule has 78 valence electrons. The molecule has 0 N–H and O–H groups in total. The molecule has 0 aromatic heterocycles. The molecule has 0 bridgehead atoms. The van der Waals surface area contributed by atoms with Gasteiger partial charge in [-0.05, 0) is 5.56 Å². The van der Waals surface area contributed by atoms with Gasteiger partial charge in [-0.1, -0.05) is 30.3 Å². The Kier molecular flexibility index (Phi) is 2.34. The molecule has 0 amide bonds. The summed E-state index contributed by atoms with van der Waals surface area (Å²) in [6, 6.07) is 7.51. The number of hydrogen-bond donors (Lipinski definition) is 0. The van der Waals surface area contributed by atoms with E-state index >= 15 is 0 Å². The molecule has 0 nitrogen and oxygen atoms in total. The van der Waals surface area contributed by atoms with Gasteiger partial charge in [0.25, 0.3) is 0 Å². The zero-order valence-corrected chi connectivity index (χ0v) is 7.48. The minimum Gasteiger partial charge on any atom is -0.234 e. The average Bonchev–Trinajstić information content (AvgIpc) is 2.45. The lowest BCUT2D eigenvalue weighted by Gasteiger charge is -2.05. The Balaban J connectivity index is 2.50. The molecule has 0 radical (unpaired) electrons. The normalized spacial score (nSPS) is 21.5. The van der Waals surface area contributed by atoms with Gasteiger partial charge in [-0.3, -0.25) is 0 Å². The first kappa shape index (κ1) is 9.96. The van der Waals surface area contributed by atoms with Crippen molar-refractivity contribution in [1.82, 2.24) is 0 Å². The molecule has 1 aliphatic rings. The first-order valence-electron chi connectivity index (χ1n) is 4.27. The van der Waals surface area contributed by atoms with Gasteiger partial charge >= 0.3 is 0 Å². The molecule has 4 heteroatoms. The van der Waals surface area contributed by atoms with Crippen LogP contribution in [0.4, 0.5) is 17.6 Å². The fourth-order valence-corrected chi connectivity index (χ4v) is 1.46. The van der Waals surface area contributed by atoms with Crippen LogP contribution in [-0.4, -0.2) is 6.17 Å². The largest absolute Gasteiger partial charge is 0.234 e. The maximum atomic E-state index is 13.2. The van der Waals surface area contributed by atoms with Crippen molar-refractivity contribution < 1.29 is 17.6 Å². The maximum absolute atomic E-state index is 13.2. The van der Waals surface area contributed by atoms with Gasteiger partial charge < -0.3 is 0 Å². The summed E-state index contributed by atoms with van der Waals surface area (Å²) >= 11 is 0. The Morgan fingerprint density at radius 1 is 0.867 bits per heavy atom. The van der Waals surface area contributed by atoms with E-state index in [2.05, 4.69) is 0 Å². The Morgan fingerprint density at radius 3 is 1.93 bits per heavy atom. The van der Waals surface area contributed by atoms with Crippen molar-refractivity contribution in [1.29, 1.82) is 0 Å². The van der Waals surface area contributed by atoms with Crippen LogP contribution in [0, 0.1) is 0 Å². The molecule has 0 saturated carbocycles. The van der Waals surface area contributed by atoms with E-state index in [1.165, 1.54) is 24.3 Å². The Morgan fingerprint density at radius 2 is 1.47 bits per heavy atom. The number of alkyl halides is 1. The predicted octanol–water partition coefficient (Wildman–Crippen LogP) is 3.87. The maximum Gasteiger partial charge on any atom is 0.194 e. The first-order valence-corrected chi connectivity index (χ1v) is 4.27. The number of halogens is 4. The lowest BCUT2D eigenvalue weighted by Crippen LogP contribution is -2.00. The zero-order valence-electron chi connectivity index (χ0n) is 7.48. The summed E-state index contributed by atoms with van der Waals surface area (Å²) in [6.45, 7) is 0. The lowest BCUT2D eigenvalue weighted by molar-refractivity contribution is 0.383. The van der Waals surface area contributed by atoms with Crippen molar-refractivity contribution >= 4 is 5.57 Å². The van der Waals surface area contributed by atoms with Gasteiger partial charge in [0.05, 0.1) is 0 Å². The van der Waals surface area contributed by atoms with Crippen molar-refractivity contribution in [3.05, 3.63) is 53.4 Å². The Bertz CT molecular complexity index is 445. The molecule has 1 aromatic carbocycles. The van der Waals surface area contributed by atoms with Crippen LogP contribution < -0.4 is 0 Å². The van der Waals surface area contributed by atoms with Crippen LogP contribution >= 0.6 is 0 Å². The van der Waals surface area contributed by atoms with Gasteiger partial charge in [0.2, 0.25) is 0 Å². The second-order valence-corrected chi connectivity index (χ2v) is 3.12. The van der Waals surface area contributed by atoms with Crippen LogP contribution in [0.3, 0.4) is 0 Å². The van der Waals surface area contributed by atoms with Gasteiger partial charge in [0.15, 0.2) is 23.7 Å². The molecule has 0 spiro atoms. The summed E-state index contributed by atoms with van der Waals surface area (Å²) in [5.74, 6) is -4.88.